The molecule has 0 aromatic heterocycles. The third-order valence-corrected chi connectivity index (χ3v) is 5.77. The number of hydrogen-bond donors (Lipinski definition) is 2. The highest BCUT2D eigenvalue weighted by molar-refractivity contribution is 6.02. The average molecular weight is 403 g/mol. The third-order valence-electron chi connectivity index (χ3n) is 5.77. The van der Waals surface area contributed by atoms with Crippen LogP contribution in [0.3, 0.4) is 0 Å². The fourth-order valence-electron chi connectivity index (χ4n) is 3.57. The monoisotopic (exact) mass is 402 g/mol. The molecule has 0 unspecified atom stereocenters. The third kappa shape index (κ3) is 6.74. The van der Waals surface area contributed by atoms with Gasteiger partial charge in [0.15, 0.2) is 0 Å². The summed E-state index contributed by atoms with van der Waals surface area (Å²) < 4.78 is 0. The summed E-state index contributed by atoms with van der Waals surface area (Å²) in [5.41, 5.74) is 2.27. The summed E-state index contributed by atoms with van der Waals surface area (Å²) in [5.74, 6) is 0.496. The fourth-order valence-corrected chi connectivity index (χ4v) is 3.57. The summed E-state index contributed by atoms with van der Waals surface area (Å²) in [6.45, 7) is 15.6. The summed E-state index contributed by atoms with van der Waals surface area (Å²) in [5, 5.41) is 5.99. The lowest BCUT2D eigenvalue weighted by Crippen LogP contribution is -2.37. The predicted octanol–water partition coefficient (Wildman–Crippen LogP) is 3.59. The Labute approximate surface area is 176 Å². The van der Waals surface area contributed by atoms with Gasteiger partial charge < -0.3 is 20.4 Å². The quantitative estimate of drug-likeness (QED) is 0.663. The van der Waals surface area contributed by atoms with Gasteiger partial charge in [-0.05, 0) is 50.0 Å². The van der Waals surface area contributed by atoms with Gasteiger partial charge in [-0.1, -0.05) is 34.6 Å². The van der Waals surface area contributed by atoms with Crippen LogP contribution < -0.4 is 15.5 Å². The molecule has 29 heavy (non-hydrogen) atoms. The number of amides is 2. The molecule has 1 aliphatic heterocycles. The molecule has 2 amide bonds. The molecule has 0 aliphatic carbocycles. The van der Waals surface area contributed by atoms with E-state index < -0.39 is 0 Å². The number of rotatable bonds is 9. The topological polar surface area (TPSA) is 64.7 Å². The van der Waals surface area contributed by atoms with Crippen LogP contribution in [0.15, 0.2) is 18.2 Å². The molecule has 1 saturated heterocycles. The second-order valence-corrected chi connectivity index (χ2v) is 8.33. The first-order chi connectivity index (χ1) is 13.8. The Hall–Kier alpha value is -2.08. The number of likely N-dealkylation sites (N-methyl/N-ethyl adjacent to an activating group) is 1. The minimum absolute atomic E-state index is 0.0440. The Morgan fingerprint density at radius 1 is 1.17 bits per heavy atom. The number of nitrogens with one attached hydrogen (secondary N) is 2. The first-order valence-electron chi connectivity index (χ1n) is 11.1. The van der Waals surface area contributed by atoms with E-state index in [0.29, 0.717) is 17.8 Å². The van der Waals surface area contributed by atoms with E-state index >= 15 is 0 Å². The van der Waals surface area contributed by atoms with Gasteiger partial charge in [0.25, 0.3) is 5.91 Å². The van der Waals surface area contributed by atoms with Crippen molar-refractivity contribution in [1.29, 1.82) is 0 Å². The number of carbonyl (C=O) groups excluding carboxylic acids is 2. The molecule has 0 bridgehead atoms. The minimum atomic E-state index is -0.107. The largest absolute Gasteiger partial charge is 0.371 e. The van der Waals surface area contributed by atoms with Crippen molar-refractivity contribution in [3.63, 3.8) is 0 Å². The maximum Gasteiger partial charge on any atom is 0.253 e. The van der Waals surface area contributed by atoms with E-state index in [9.17, 15) is 9.59 Å². The molecular formula is C23H38N4O2. The molecule has 162 valence electrons. The van der Waals surface area contributed by atoms with Crippen molar-refractivity contribution in [2.45, 2.75) is 47.5 Å². The Balaban J connectivity index is 2.19. The van der Waals surface area contributed by atoms with Crippen LogP contribution in [0.5, 0.6) is 0 Å². The molecule has 6 heteroatoms. The highest BCUT2D eigenvalue weighted by Gasteiger charge is 2.22. The molecule has 1 aromatic carbocycles. The average Bonchev–Trinajstić information content (AvgIpc) is 2.71. The summed E-state index contributed by atoms with van der Waals surface area (Å²) in [6, 6.07) is 5.70. The van der Waals surface area contributed by atoms with Crippen LogP contribution in [0.1, 0.15) is 57.8 Å². The molecule has 1 heterocycles. The van der Waals surface area contributed by atoms with Crippen LogP contribution in [0.4, 0.5) is 11.4 Å². The number of piperidine rings is 1. The van der Waals surface area contributed by atoms with E-state index in [4.69, 9.17) is 0 Å². The SMILES string of the molecule is CCN(CC)CCNC(=O)c1cc(NC(=O)C(C)C)ccc1N1CCC(C)CC1. The van der Waals surface area contributed by atoms with Gasteiger partial charge in [-0.3, -0.25) is 9.59 Å². The number of carbonyl (C=O) groups is 2. The molecule has 0 atom stereocenters. The van der Waals surface area contributed by atoms with Crippen LogP contribution in [-0.2, 0) is 4.79 Å². The van der Waals surface area contributed by atoms with Crippen molar-refractivity contribution in [3.8, 4) is 0 Å². The maximum atomic E-state index is 13.0. The molecule has 6 nitrogen and oxygen atoms in total. The molecule has 1 fully saturated rings. The lowest BCUT2D eigenvalue weighted by molar-refractivity contribution is -0.118. The minimum Gasteiger partial charge on any atom is -0.371 e. The molecule has 0 spiro atoms. The number of nitrogens with zero attached hydrogens (tertiary/aromatic N) is 2. The highest BCUT2D eigenvalue weighted by atomic mass is 16.2. The Morgan fingerprint density at radius 3 is 2.41 bits per heavy atom. The predicted molar refractivity (Wildman–Crippen MR) is 121 cm³/mol. The Morgan fingerprint density at radius 2 is 1.83 bits per heavy atom. The molecule has 1 aromatic rings. The smallest absolute Gasteiger partial charge is 0.253 e. The Bertz CT molecular complexity index is 677. The molecule has 1 aliphatic rings. The van der Waals surface area contributed by atoms with Crippen molar-refractivity contribution in [2.75, 3.05) is 49.5 Å². The van der Waals surface area contributed by atoms with Gasteiger partial charge in [-0.15, -0.1) is 0 Å². The number of hydrogen-bond acceptors (Lipinski definition) is 4. The maximum absolute atomic E-state index is 13.0. The lowest BCUT2D eigenvalue weighted by atomic mass is 9.97. The standard InChI is InChI=1S/C23H38N4O2/c1-6-26(7-2)15-12-24-23(29)20-16-19(25-22(28)17(3)4)8-9-21(20)27-13-10-18(5)11-14-27/h8-9,16-18H,6-7,10-15H2,1-5H3,(H,24,29)(H,25,28). The van der Waals surface area contributed by atoms with Crippen LogP contribution in [0.25, 0.3) is 0 Å². The molecule has 0 saturated carbocycles. The fraction of sp³-hybridized carbons (Fsp3) is 0.652. The molecule has 2 rings (SSSR count). The summed E-state index contributed by atoms with van der Waals surface area (Å²) in [7, 11) is 0. The van der Waals surface area contributed by atoms with Crippen molar-refractivity contribution in [3.05, 3.63) is 23.8 Å². The van der Waals surface area contributed by atoms with E-state index in [1.807, 2.05) is 32.0 Å². The van der Waals surface area contributed by atoms with Crippen molar-refractivity contribution in [1.82, 2.24) is 10.2 Å². The van der Waals surface area contributed by atoms with Crippen LogP contribution >= 0.6 is 0 Å². The molecular weight excluding hydrogens is 364 g/mol. The van der Waals surface area contributed by atoms with Crippen LogP contribution in [-0.4, -0.2) is 56.0 Å². The molecule has 0 radical (unpaired) electrons. The first-order valence-corrected chi connectivity index (χ1v) is 11.1. The second-order valence-electron chi connectivity index (χ2n) is 8.33. The van der Waals surface area contributed by atoms with Gasteiger partial charge in [-0.2, -0.15) is 0 Å². The number of anilines is 2. The van der Waals surface area contributed by atoms with E-state index in [1.54, 1.807) is 0 Å². The van der Waals surface area contributed by atoms with E-state index in [1.165, 1.54) is 0 Å². The van der Waals surface area contributed by atoms with E-state index in [0.717, 1.165) is 57.2 Å². The van der Waals surface area contributed by atoms with Gasteiger partial charge in [0, 0.05) is 43.5 Å². The summed E-state index contributed by atoms with van der Waals surface area (Å²) >= 11 is 0. The van der Waals surface area contributed by atoms with E-state index in [-0.39, 0.29) is 17.7 Å². The van der Waals surface area contributed by atoms with Gasteiger partial charge in [0.05, 0.1) is 5.56 Å². The van der Waals surface area contributed by atoms with Gasteiger partial charge in [0.1, 0.15) is 0 Å². The normalized spacial score (nSPS) is 15.1. The van der Waals surface area contributed by atoms with Crippen molar-refractivity contribution in [2.24, 2.45) is 11.8 Å². The first kappa shape index (κ1) is 23.2. The van der Waals surface area contributed by atoms with Gasteiger partial charge in [0.2, 0.25) is 5.91 Å². The summed E-state index contributed by atoms with van der Waals surface area (Å²) in [4.78, 5) is 29.7. The zero-order valence-corrected chi connectivity index (χ0v) is 18.8. The highest BCUT2D eigenvalue weighted by Crippen LogP contribution is 2.29. The molecule has 2 N–H and O–H groups in total. The van der Waals surface area contributed by atoms with Crippen molar-refractivity contribution < 1.29 is 9.59 Å². The van der Waals surface area contributed by atoms with Crippen LogP contribution in [0, 0.1) is 11.8 Å². The number of benzene rings is 1. The van der Waals surface area contributed by atoms with E-state index in [2.05, 4.69) is 41.2 Å². The van der Waals surface area contributed by atoms with Gasteiger partial charge >= 0.3 is 0 Å². The lowest BCUT2D eigenvalue weighted by Gasteiger charge is -2.33. The van der Waals surface area contributed by atoms with Crippen molar-refractivity contribution >= 4 is 23.2 Å². The Kier molecular flexibility index (Phi) is 8.96. The summed E-state index contributed by atoms with van der Waals surface area (Å²) in [6.07, 6.45) is 2.27. The second kappa shape index (κ2) is 11.2. The van der Waals surface area contributed by atoms with Crippen LogP contribution in [0.2, 0.25) is 0 Å². The zero-order chi connectivity index (χ0) is 21.4. The van der Waals surface area contributed by atoms with Gasteiger partial charge in [-0.25, -0.2) is 0 Å². The zero-order valence-electron chi connectivity index (χ0n) is 18.8.